The Balaban J connectivity index is 1.20. The van der Waals surface area contributed by atoms with Crippen LogP contribution in [0.5, 0.6) is 0 Å². The third-order valence-electron chi connectivity index (χ3n) is 5.64. The molecular weight excluding hydrogens is 400 g/mol. The lowest BCUT2D eigenvalue weighted by Crippen LogP contribution is -2.47. The number of amides is 1. The predicted octanol–water partition coefficient (Wildman–Crippen LogP) is 3.75. The molecule has 31 heavy (non-hydrogen) atoms. The molecule has 164 valence electrons. The number of carbonyl (C=O) groups excluding carboxylic acids is 1. The monoisotopic (exact) mass is 427 g/mol. The fourth-order valence-electron chi connectivity index (χ4n) is 3.93. The second-order valence-corrected chi connectivity index (χ2v) is 7.93. The first-order chi connectivity index (χ1) is 15.0. The first-order valence-electron chi connectivity index (χ1n) is 10.6. The zero-order valence-electron chi connectivity index (χ0n) is 17.6. The number of aryl methyl sites for hydroxylation is 1. The Morgan fingerprint density at radius 1 is 1.16 bits per heavy atom. The van der Waals surface area contributed by atoms with Gasteiger partial charge in [0.15, 0.2) is 5.82 Å². The minimum Gasteiger partial charge on any atom is -0.369 e. The van der Waals surface area contributed by atoms with E-state index in [0.717, 1.165) is 39.1 Å². The van der Waals surface area contributed by atoms with Crippen molar-refractivity contribution < 1.29 is 13.6 Å². The van der Waals surface area contributed by atoms with Gasteiger partial charge in [-0.3, -0.25) is 9.69 Å². The molecule has 1 saturated heterocycles. The van der Waals surface area contributed by atoms with Crippen molar-refractivity contribution in [1.29, 1.82) is 0 Å². The van der Waals surface area contributed by atoms with E-state index < -0.39 is 6.43 Å². The van der Waals surface area contributed by atoms with Crippen molar-refractivity contribution in [1.82, 2.24) is 20.2 Å². The number of piperazine rings is 1. The molecule has 1 fully saturated rings. The number of hydrogen-bond donors (Lipinski definition) is 2. The lowest BCUT2D eigenvalue weighted by molar-refractivity contribution is 0.0951. The van der Waals surface area contributed by atoms with Crippen LogP contribution in [0, 0.1) is 6.92 Å². The van der Waals surface area contributed by atoms with E-state index in [2.05, 4.69) is 56.3 Å². The lowest BCUT2D eigenvalue weighted by atomic mass is 10.2. The average Bonchev–Trinajstić information content (AvgIpc) is 3.21. The van der Waals surface area contributed by atoms with Gasteiger partial charge in [-0.25, -0.2) is 13.8 Å². The molecule has 2 heterocycles. The Bertz CT molecular complexity index is 1040. The second kappa shape index (κ2) is 9.43. The maximum Gasteiger partial charge on any atom is 0.295 e. The highest BCUT2D eigenvalue weighted by Gasteiger charge is 2.17. The highest BCUT2D eigenvalue weighted by molar-refractivity contribution is 5.97. The Labute approximate surface area is 180 Å². The zero-order valence-corrected chi connectivity index (χ0v) is 17.6. The average molecular weight is 427 g/mol. The lowest BCUT2D eigenvalue weighted by Gasteiger charge is -2.36. The van der Waals surface area contributed by atoms with Gasteiger partial charge >= 0.3 is 0 Å². The molecule has 0 aliphatic carbocycles. The fourth-order valence-corrected chi connectivity index (χ4v) is 3.93. The zero-order chi connectivity index (χ0) is 21.8. The smallest absolute Gasteiger partial charge is 0.295 e. The Morgan fingerprint density at radius 2 is 1.97 bits per heavy atom. The molecule has 1 aromatic heterocycles. The number of aromatic amines is 1. The largest absolute Gasteiger partial charge is 0.369 e. The molecule has 0 unspecified atom stereocenters. The number of anilines is 1. The molecule has 1 amide bonds. The summed E-state index contributed by atoms with van der Waals surface area (Å²) in [5, 5.41) is 2.92. The molecule has 0 saturated carbocycles. The van der Waals surface area contributed by atoms with Gasteiger partial charge in [0.1, 0.15) is 0 Å². The number of fused-ring (bicyclic) bond motifs is 1. The summed E-state index contributed by atoms with van der Waals surface area (Å²) in [5.41, 5.74) is 3.86. The third-order valence-corrected chi connectivity index (χ3v) is 5.64. The van der Waals surface area contributed by atoms with Gasteiger partial charge in [0.2, 0.25) is 0 Å². The molecule has 3 aromatic rings. The predicted molar refractivity (Wildman–Crippen MR) is 118 cm³/mol. The number of hydrogen-bond acceptors (Lipinski definition) is 4. The summed E-state index contributed by atoms with van der Waals surface area (Å²) in [4.78, 5) is 23.6. The van der Waals surface area contributed by atoms with Crippen molar-refractivity contribution in [2.75, 3.05) is 44.2 Å². The van der Waals surface area contributed by atoms with Crippen molar-refractivity contribution in [2.45, 2.75) is 19.8 Å². The first-order valence-corrected chi connectivity index (χ1v) is 10.6. The minimum atomic E-state index is -2.66. The molecule has 2 aromatic carbocycles. The molecule has 0 spiro atoms. The molecule has 1 aliphatic heterocycles. The quantitative estimate of drug-likeness (QED) is 0.564. The maximum atomic E-state index is 12.8. The molecule has 1 aliphatic rings. The van der Waals surface area contributed by atoms with E-state index >= 15 is 0 Å². The van der Waals surface area contributed by atoms with Gasteiger partial charge < -0.3 is 15.2 Å². The summed E-state index contributed by atoms with van der Waals surface area (Å²) in [6.07, 6.45) is -1.80. The van der Waals surface area contributed by atoms with Crippen molar-refractivity contribution in [3.63, 3.8) is 0 Å². The SMILES string of the molecule is Cc1cccc(N2CCN(CCCNC(=O)c3ccc4nc(C(F)F)[nH]c4c3)CC2)c1. The van der Waals surface area contributed by atoms with E-state index in [1.54, 1.807) is 18.2 Å². The van der Waals surface area contributed by atoms with Crippen LogP contribution in [0.4, 0.5) is 14.5 Å². The van der Waals surface area contributed by atoms with Gasteiger partial charge in [0.25, 0.3) is 12.3 Å². The van der Waals surface area contributed by atoms with Crippen molar-refractivity contribution >= 4 is 22.6 Å². The third kappa shape index (κ3) is 5.19. The summed E-state index contributed by atoms with van der Waals surface area (Å²) < 4.78 is 25.5. The maximum absolute atomic E-state index is 12.8. The van der Waals surface area contributed by atoms with E-state index in [0.29, 0.717) is 23.1 Å². The highest BCUT2D eigenvalue weighted by atomic mass is 19.3. The number of H-pyrrole nitrogens is 1. The molecule has 4 rings (SSSR count). The number of nitrogens with zero attached hydrogens (tertiary/aromatic N) is 3. The van der Waals surface area contributed by atoms with Crippen molar-refractivity contribution in [3.05, 3.63) is 59.4 Å². The number of aromatic nitrogens is 2. The van der Waals surface area contributed by atoms with E-state index in [1.165, 1.54) is 11.3 Å². The van der Waals surface area contributed by atoms with Crippen LogP contribution < -0.4 is 10.2 Å². The number of carbonyl (C=O) groups is 1. The fraction of sp³-hybridized carbons (Fsp3) is 0.391. The number of halogens is 2. The normalized spacial score (nSPS) is 15.0. The van der Waals surface area contributed by atoms with Gasteiger partial charge in [-0.2, -0.15) is 0 Å². The van der Waals surface area contributed by atoms with Gasteiger partial charge in [0, 0.05) is 44.0 Å². The van der Waals surface area contributed by atoms with Crippen molar-refractivity contribution in [2.24, 2.45) is 0 Å². The Morgan fingerprint density at radius 3 is 2.71 bits per heavy atom. The second-order valence-electron chi connectivity index (χ2n) is 7.93. The standard InChI is InChI=1S/C23H27F2N5O/c1-16-4-2-5-18(14-16)30-12-10-29(11-13-30)9-3-8-26-23(31)17-6-7-19-20(15-17)28-22(27-19)21(24)25/h2,4-7,14-15,21H,3,8-13H2,1H3,(H,26,31)(H,27,28). The van der Waals surface area contributed by atoms with Crippen LogP contribution in [0.15, 0.2) is 42.5 Å². The minimum absolute atomic E-state index is 0.209. The van der Waals surface area contributed by atoms with E-state index in [4.69, 9.17) is 0 Å². The van der Waals surface area contributed by atoms with Crippen LogP contribution in [-0.4, -0.2) is 60.0 Å². The number of nitrogens with one attached hydrogen (secondary N) is 2. The van der Waals surface area contributed by atoms with Crippen LogP contribution in [0.1, 0.15) is 34.6 Å². The first kappa shape index (κ1) is 21.2. The molecule has 6 nitrogen and oxygen atoms in total. The molecule has 0 atom stereocenters. The van der Waals surface area contributed by atoms with Crippen molar-refractivity contribution in [3.8, 4) is 0 Å². The number of alkyl halides is 2. The highest BCUT2D eigenvalue weighted by Crippen LogP contribution is 2.21. The van der Waals surface area contributed by atoms with Crippen LogP contribution >= 0.6 is 0 Å². The number of imidazole rings is 1. The topological polar surface area (TPSA) is 64.3 Å². The van der Waals surface area contributed by atoms with Crippen LogP contribution in [0.2, 0.25) is 0 Å². The van der Waals surface area contributed by atoms with Gasteiger partial charge in [0.05, 0.1) is 11.0 Å². The molecule has 0 bridgehead atoms. The Kier molecular flexibility index (Phi) is 6.46. The van der Waals surface area contributed by atoms with Gasteiger partial charge in [-0.15, -0.1) is 0 Å². The van der Waals surface area contributed by atoms with E-state index in [9.17, 15) is 13.6 Å². The molecule has 2 N–H and O–H groups in total. The number of benzene rings is 2. The summed E-state index contributed by atoms with van der Waals surface area (Å²) in [7, 11) is 0. The summed E-state index contributed by atoms with van der Waals surface area (Å²) >= 11 is 0. The van der Waals surface area contributed by atoms with E-state index in [1.807, 2.05) is 0 Å². The van der Waals surface area contributed by atoms with E-state index in [-0.39, 0.29) is 11.7 Å². The summed E-state index contributed by atoms with van der Waals surface area (Å²) in [6, 6.07) is 13.4. The van der Waals surface area contributed by atoms with Crippen LogP contribution in [0.25, 0.3) is 11.0 Å². The molecular formula is C23H27F2N5O. The summed E-state index contributed by atoms with van der Waals surface area (Å²) in [6.45, 7) is 7.62. The van der Waals surface area contributed by atoms with Crippen LogP contribution in [0.3, 0.4) is 0 Å². The molecule has 8 heteroatoms. The van der Waals surface area contributed by atoms with Gasteiger partial charge in [-0.05, 0) is 55.8 Å². The Hall–Kier alpha value is -3.00. The summed E-state index contributed by atoms with van der Waals surface area (Å²) in [5.74, 6) is -0.589. The van der Waals surface area contributed by atoms with Gasteiger partial charge in [-0.1, -0.05) is 12.1 Å². The van der Waals surface area contributed by atoms with Crippen LogP contribution in [-0.2, 0) is 0 Å². The number of rotatable bonds is 7. The molecule has 0 radical (unpaired) electrons.